The van der Waals surface area contributed by atoms with Crippen LogP contribution in [0.5, 0.6) is 5.75 Å². The largest absolute Gasteiger partial charge is 0.462 e. The fraction of sp³-hybridized carbons (Fsp3) is 0.542. The van der Waals surface area contributed by atoms with Gasteiger partial charge in [0.2, 0.25) is 0 Å². The summed E-state index contributed by atoms with van der Waals surface area (Å²) in [6, 6.07) is 6.73. The molecule has 1 aliphatic heterocycles. The maximum absolute atomic E-state index is 15.8. The van der Waals surface area contributed by atoms with Crippen LogP contribution in [0.3, 0.4) is 0 Å². The number of anilines is 1. The van der Waals surface area contributed by atoms with Gasteiger partial charge in [-0.1, -0.05) is 18.2 Å². The first-order chi connectivity index (χ1) is 18.0. The summed E-state index contributed by atoms with van der Waals surface area (Å²) in [7, 11) is -4.47. The lowest BCUT2D eigenvalue weighted by molar-refractivity contribution is -0.149. The molecule has 0 aliphatic carbocycles. The maximum atomic E-state index is 15.8. The molecule has 1 saturated heterocycles. The molecule has 1 aliphatic rings. The van der Waals surface area contributed by atoms with E-state index < -0.39 is 72.9 Å². The van der Waals surface area contributed by atoms with Crippen LogP contribution < -0.4 is 21.0 Å². The molecule has 2 unspecified atom stereocenters. The van der Waals surface area contributed by atoms with Gasteiger partial charge >= 0.3 is 19.4 Å². The van der Waals surface area contributed by atoms with Gasteiger partial charge in [-0.25, -0.2) is 18.1 Å². The SMILES string of the molecule is CC(C)OC(=O)[C@H](C)NP(=O)(Oc1ccccc1)OC(C)(C)[C@H]1O[C@@H](n2cc(F)c(N)nc2=O)C(C)(F)[C@H]1O. The number of ether oxygens (including phenoxy) is 2. The highest BCUT2D eigenvalue weighted by atomic mass is 31.2. The van der Waals surface area contributed by atoms with Gasteiger partial charge in [-0.2, -0.15) is 10.1 Å². The van der Waals surface area contributed by atoms with Crippen LogP contribution in [0.15, 0.2) is 41.3 Å². The second-order valence-electron chi connectivity index (χ2n) is 10.1. The molecule has 1 aromatic carbocycles. The van der Waals surface area contributed by atoms with Crippen LogP contribution in [0.2, 0.25) is 0 Å². The molecule has 12 nitrogen and oxygen atoms in total. The van der Waals surface area contributed by atoms with E-state index in [9.17, 15) is 23.7 Å². The van der Waals surface area contributed by atoms with E-state index in [1.165, 1.54) is 32.9 Å². The molecule has 0 bridgehead atoms. The Bertz CT molecular complexity index is 1290. The topological polar surface area (TPSA) is 164 Å². The van der Waals surface area contributed by atoms with Gasteiger partial charge in [0, 0.05) is 0 Å². The molecule has 216 valence electrons. The highest BCUT2D eigenvalue weighted by Crippen LogP contribution is 2.53. The molecule has 2 aromatic rings. The number of benzene rings is 1. The van der Waals surface area contributed by atoms with Gasteiger partial charge in [-0.15, -0.1) is 0 Å². The number of carbonyl (C=O) groups is 1. The first kappa shape index (κ1) is 30.6. The van der Waals surface area contributed by atoms with Crippen molar-refractivity contribution < 1.29 is 41.8 Å². The Kier molecular flexibility index (Phi) is 8.88. The zero-order chi connectivity index (χ0) is 29.3. The van der Waals surface area contributed by atoms with Crippen molar-refractivity contribution in [2.24, 2.45) is 0 Å². The van der Waals surface area contributed by atoms with Crippen LogP contribution in [0, 0.1) is 5.82 Å². The zero-order valence-electron chi connectivity index (χ0n) is 22.3. The number of aliphatic hydroxyl groups excluding tert-OH is 1. The number of esters is 1. The first-order valence-electron chi connectivity index (χ1n) is 12.1. The molecule has 1 aromatic heterocycles. The number of carbonyl (C=O) groups excluding carboxylic acids is 1. The lowest BCUT2D eigenvalue weighted by Gasteiger charge is -2.36. The molecule has 15 heteroatoms. The van der Waals surface area contributed by atoms with Gasteiger partial charge < -0.3 is 24.8 Å². The number of para-hydroxylation sites is 1. The van der Waals surface area contributed by atoms with Gasteiger partial charge in [0.05, 0.1) is 12.3 Å². The van der Waals surface area contributed by atoms with Gasteiger partial charge in [0.1, 0.15) is 29.6 Å². The minimum absolute atomic E-state index is 0.115. The summed E-state index contributed by atoms with van der Waals surface area (Å²) in [5, 5.41) is 13.4. The van der Waals surface area contributed by atoms with E-state index in [4.69, 9.17) is 24.3 Å². The van der Waals surface area contributed by atoms with E-state index in [1.54, 1.807) is 32.0 Å². The van der Waals surface area contributed by atoms with Crippen LogP contribution in [0.4, 0.5) is 14.6 Å². The fourth-order valence-corrected chi connectivity index (χ4v) is 5.82. The third-order valence-corrected chi connectivity index (χ3v) is 7.74. The second-order valence-corrected chi connectivity index (χ2v) is 11.7. The van der Waals surface area contributed by atoms with Crippen LogP contribution in [-0.2, 0) is 23.4 Å². The van der Waals surface area contributed by atoms with Gasteiger partial charge in [-0.05, 0) is 53.7 Å². The van der Waals surface area contributed by atoms with Crippen LogP contribution >= 0.6 is 7.75 Å². The van der Waals surface area contributed by atoms with Crippen molar-refractivity contribution in [3.63, 3.8) is 0 Å². The first-order valence-corrected chi connectivity index (χ1v) is 13.6. The number of aliphatic hydroxyl groups is 1. The van der Waals surface area contributed by atoms with Gasteiger partial charge in [0.25, 0.3) is 0 Å². The summed E-state index contributed by atoms with van der Waals surface area (Å²) in [4.78, 5) is 28.1. The highest BCUT2D eigenvalue weighted by Gasteiger charge is 2.61. The van der Waals surface area contributed by atoms with Crippen molar-refractivity contribution in [2.45, 2.75) is 83.4 Å². The predicted molar refractivity (Wildman–Crippen MR) is 136 cm³/mol. The Morgan fingerprint density at radius 1 is 1.31 bits per heavy atom. The minimum Gasteiger partial charge on any atom is -0.462 e. The average molecular weight is 575 g/mol. The lowest BCUT2D eigenvalue weighted by Crippen LogP contribution is -2.50. The van der Waals surface area contributed by atoms with Crippen LogP contribution in [0.25, 0.3) is 0 Å². The van der Waals surface area contributed by atoms with Gasteiger partial charge in [0.15, 0.2) is 23.5 Å². The second kappa shape index (κ2) is 11.3. The highest BCUT2D eigenvalue weighted by molar-refractivity contribution is 7.52. The molecule has 6 atom stereocenters. The molecule has 0 saturated carbocycles. The van der Waals surface area contributed by atoms with Crippen LogP contribution in [0.1, 0.15) is 47.8 Å². The number of hydrogen-bond donors (Lipinski definition) is 3. The van der Waals surface area contributed by atoms with E-state index in [0.29, 0.717) is 10.8 Å². The minimum atomic E-state index is -4.47. The normalized spacial score (nSPS) is 25.7. The summed E-state index contributed by atoms with van der Waals surface area (Å²) in [5.74, 6) is -2.42. The van der Waals surface area contributed by atoms with E-state index in [-0.39, 0.29) is 5.75 Å². The Labute approximate surface area is 224 Å². The molecule has 39 heavy (non-hydrogen) atoms. The lowest BCUT2D eigenvalue weighted by atomic mass is 9.90. The van der Waals surface area contributed by atoms with Crippen molar-refractivity contribution in [3.05, 3.63) is 52.8 Å². The van der Waals surface area contributed by atoms with Crippen molar-refractivity contribution >= 4 is 19.5 Å². The molecule has 3 rings (SSSR count). The average Bonchev–Trinajstić information content (AvgIpc) is 3.05. The van der Waals surface area contributed by atoms with E-state index in [1.807, 2.05) is 0 Å². The van der Waals surface area contributed by atoms with Gasteiger partial charge in [-0.3, -0.25) is 13.9 Å². The number of alkyl halides is 1. The molecule has 2 heterocycles. The smallest absolute Gasteiger partial charge is 0.460 e. The number of nitrogens with two attached hydrogens (primary N) is 1. The van der Waals surface area contributed by atoms with Crippen molar-refractivity contribution in [3.8, 4) is 5.75 Å². The summed E-state index contributed by atoms with van der Waals surface area (Å²) < 4.78 is 66.7. The van der Waals surface area contributed by atoms with Crippen LogP contribution in [-0.4, -0.2) is 56.3 Å². The Morgan fingerprint density at radius 2 is 1.92 bits per heavy atom. The van der Waals surface area contributed by atoms with E-state index in [2.05, 4.69) is 10.1 Å². The van der Waals surface area contributed by atoms with Crippen molar-refractivity contribution in [2.75, 3.05) is 5.73 Å². The fourth-order valence-electron chi connectivity index (χ4n) is 3.97. The molecular formula is C24H33F2N4O8P. The maximum Gasteiger partial charge on any atom is 0.460 e. The third-order valence-electron chi connectivity index (χ3n) is 5.88. The predicted octanol–water partition coefficient (Wildman–Crippen LogP) is 2.86. The zero-order valence-corrected chi connectivity index (χ0v) is 23.2. The number of rotatable bonds is 10. The Morgan fingerprint density at radius 3 is 2.51 bits per heavy atom. The summed E-state index contributed by atoms with van der Waals surface area (Å²) >= 11 is 0. The van der Waals surface area contributed by atoms with Crippen molar-refractivity contribution in [1.29, 1.82) is 0 Å². The van der Waals surface area contributed by atoms with E-state index in [0.717, 1.165) is 6.92 Å². The number of halogens is 2. The number of hydrogen-bond acceptors (Lipinski definition) is 10. The molecule has 4 N–H and O–H groups in total. The number of nitrogens with one attached hydrogen (secondary N) is 1. The number of aromatic nitrogens is 2. The molecule has 1 fully saturated rings. The Hall–Kier alpha value is -2.90. The summed E-state index contributed by atoms with van der Waals surface area (Å²) in [5.41, 5.74) is -0.256. The number of nitrogen functional groups attached to an aromatic ring is 1. The quantitative estimate of drug-likeness (QED) is 0.282. The monoisotopic (exact) mass is 574 g/mol. The summed E-state index contributed by atoms with van der Waals surface area (Å²) in [6.45, 7) is 8.28. The van der Waals surface area contributed by atoms with Crippen molar-refractivity contribution in [1.82, 2.24) is 14.6 Å². The standard InChI is InChI=1S/C24H33F2N4O8P/c1-13(2)35-20(32)14(3)29-39(34,37-15-10-8-7-9-11-15)38-23(4,5)18-17(31)24(6,26)21(36-18)30-12-16(25)19(27)28-22(30)33/h7-14,17-18,21,31H,1-6H3,(H,29,34)(H2,27,28,33)/t14-,17-,18-,21+,24?,39?/m0/s1. The molecular weight excluding hydrogens is 541 g/mol. The molecule has 0 radical (unpaired) electrons. The summed E-state index contributed by atoms with van der Waals surface area (Å²) in [6.07, 6.45) is -5.22. The third kappa shape index (κ3) is 6.82. The number of nitrogens with zero attached hydrogens (tertiary/aromatic N) is 2. The Balaban J connectivity index is 1.94. The molecule has 0 amide bonds. The van der Waals surface area contributed by atoms with E-state index >= 15 is 4.39 Å². The molecule has 0 spiro atoms.